The summed E-state index contributed by atoms with van der Waals surface area (Å²) < 4.78 is 18.7. The van der Waals surface area contributed by atoms with Crippen molar-refractivity contribution in [1.29, 1.82) is 0 Å². The average Bonchev–Trinajstić information content (AvgIpc) is 2.35. The van der Waals surface area contributed by atoms with Crippen LogP contribution in [0.5, 0.6) is 5.75 Å². The number of amides is 1. The molecule has 0 atom stereocenters. The standard InChI is InChI=1S/C14H18FNO3/c1-9(2)16(4)14(18)8-19-13-6-5-11(10(3)17)7-12(13)15/h5-7,9H,8H2,1-4H3. The SMILES string of the molecule is CC(=O)c1ccc(OCC(=O)N(C)C(C)C)c(F)c1. The van der Waals surface area contributed by atoms with Crippen molar-refractivity contribution in [2.75, 3.05) is 13.7 Å². The van der Waals surface area contributed by atoms with E-state index < -0.39 is 5.82 Å². The lowest BCUT2D eigenvalue weighted by molar-refractivity contribution is -0.133. The smallest absolute Gasteiger partial charge is 0.260 e. The molecule has 0 aliphatic heterocycles. The Morgan fingerprint density at radius 3 is 2.47 bits per heavy atom. The van der Waals surface area contributed by atoms with Gasteiger partial charge in [0.2, 0.25) is 0 Å². The third kappa shape index (κ3) is 4.05. The van der Waals surface area contributed by atoms with Crippen LogP contribution >= 0.6 is 0 Å². The van der Waals surface area contributed by atoms with Crippen LogP contribution in [0.15, 0.2) is 18.2 Å². The minimum Gasteiger partial charge on any atom is -0.481 e. The number of likely N-dealkylation sites (N-methyl/N-ethyl adjacent to an activating group) is 1. The molecule has 0 aliphatic carbocycles. The van der Waals surface area contributed by atoms with Crippen molar-refractivity contribution in [2.45, 2.75) is 26.8 Å². The Hall–Kier alpha value is -1.91. The van der Waals surface area contributed by atoms with E-state index in [1.165, 1.54) is 24.0 Å². The maximum Gasteiger partial charge on any atom is 0.260 e. The van der Waals surface area contributed by atoms with Crippen molar-refractivity contribution in [2.24, 2.45) is 0 Å². The Labute approximate surface area is 112 Å². The van der Waals surface area contributed by atoms with Gasteiger partial charge in [0.05, 0.1) is 0 Å². The molecule has 1 amide bonds. The second-order valence-corrected chi connectivity index (χ2v) is 4.59. The first-order chi connectivity index (χ1) is 8.82. The molecule has 1 aromatic rings. The molecule has 4 nitrogen and oxygen atoms in total. The molecular formula is C14H18FNO3. The summed E-state index contributed by atoms with van der Waals surface area (Å²) in [6.07, 6.45) is 0. The number of hydrogen-bond donors (Lipinski definition) is 0. The summed E-state index contributed by atoms with van der Waals surface area (Å²) in [7, 11) is 1.66. The molecule has 0 radical (unpaired) electrons. The van der Waals surface area contributed by atoms with E-state index in [9.17, 15) is 14.0 Å². The summed E-state index contributed by atoms with van der Waals surface area (Å²) in [5.41, 5.74) is 0.274. The molecule has 0 N–H and O–H groups in total. The molecular weight excluding hydrogens is 249 g/mol. The fraction of sp³-hybridized carbons (Fsp3) is 0.429. The monoisotopic (exact) mass is 267 g/mol. The second-order valence-electron chi connectivity index (χ2n) is 4.59. The summed E-state index contributed by atoms with van der Waals surface area (Å²) in [5.74, 6) is -1.13. The van der Waals surface area contributed by atoms with E-state index in [4.69, 9.17) is 4.74 Å². The van der Waals surface area contributed by atoms with Crippen LogP contribution in [-0.4, -0.2) is 36.3 Å². The highest BCUT2D eigenvalue weighted by atomic mass is 19.1. The maximum atomic E-state index is 13.6. The van der Waals surface area contributed by atoms with Crippen LogP contribution in [0.3, 0.4) is 0 Å². The number of hydrogen-bond acceptors (Lipinski definition) is 3. The van der Waals surface area contributed by atoms with Gasteiger partial charge in [-0.3, -0.25) is 9.59 Å². The number of benzene rings is 1. The molecule has 1 aromatic carbocycles. The Balaban J connectivity index is 2.69. The molecule has 0 aliphatic rings. The molecule has 1 rings (SSSR count). The van der Waals surface area contributed by atoms with Crippen LogP contribution in [0.1, 0.15) is 31.1 Å². The number of Topliss-reactive ketones (excluding diaryl/α,β-unsaturated/α-hetero) is 1. The second kappa shape index (κ2) is 6.31. The Bertz CT molecular complexity index is 486. The van der Waals surface area contributed by atoms with Gasteiger partial charge in [-0.15, -0.1) is 0 Å². The van der Waals surface area contributed by atoms with Crippen molar-refractivity contribution in [3.8, 4) is 5.75 Å². The number of ketones is 1. The van der Waals surface area contributed by atoms with Crippen LogP contribution in [0.25, 0.3) is 0 Å². The zero-order valence-electron chi connectivity index (χ0n) is 11.6. The summed E-state index contributed by atoms with van der Waals surface area (Å²) in [4.78, 5) is 24.3. The zero-order chi connectivity index (χ0) is 14.6. The first-order valence-corrected chi connectivity index (χ1v) is 6.02. The van der Waals surface area contributed by atoms with Crippen molar-refractivity contribution in [1.82, 2.24) is 4.90 Å². The molecule has 19 heavy (non-hydrogen) atoms. The normalized spacial score (nSPS) is 10.4. The van der Waals surface area contributed by atoms with E-state index in [1.807, 2.05) is 13.8 Å². The molecule has 0 saturated heterocycles. The first-order valence-electron chi connectivity index (χ1n) is 6.02. The summed E-state index contributed by atoms with van der Waals surface area (Å²) in [6, 6.07) is 3.99. The van der Waals surface area contributed by atoms with Crippen molar-refractivity contribution < 1.29 is 18.7 Å². The Morgan fingerprint density at radius 1 is 1.37 bits per heavy atom. The predicted octanol–water partition coefficient (Wildman–Crippen LogP) is 2.27. The predicted molar refractivity (Wildman–Crippen MR) is 69.8 cm³/mol. The minimum atomic E-state index is -0.646. The van der Waals surface area contributed by atoms with Crippen LogP contribution in [0.4, 0.5) is 4.39 Å². The highest BCUT2D eigenvalue weighted by molar-refractivity contribution is 5.94. The Kier molecular flexibility index (Phi) is 5.03. The Morgan fingerprint density at radius 2 is 2.00 bits per heavy atom. The molecule has 0 saturated carbocycles. The van der Waals surface area contributed by atoms with E-state index >= 15 is 0 Å². The van der Waals surface area contributed by atoms with Crippen LogP contribution in [0, 0.1) is 5.82 Å². The lowest BCUT2D eigenvalue weighted by Crippen LogP contribution is -2.36. The van der Waals surface area contributed by atoms with E-state index in [0.29, 0.717) is 0 Å². The quantitative estimate of drug-likeness (QED) is 0.769. The van der Waals surface area contributed by atoms with E-state index in [1.54, 1.807) is 7.05 Å². The largest absolute Gasteiger partial charge is 0.481 e. The van der Waals surface area contributed by atoms with Crippen LogP contribution in [-0.2, 0) is 4.79 Å². The fourth-order valence-electron chi connectivity index (χ4n) is 1.37. The highest BCUT2D eigenvalue weighted by Gasteiger charge is 2.14. The van der Waals surface area contributed by atoms with Crippen molar-refractivity contribution >= 4 is 11.7 Å². The summed E-state index contributed by atoms with van der Waals surface area (Å²) in [6.45, 7) is 4.88. The molecule has 0 bridgehead atoms. The fourth-order valence-corrected chi connectivity index (χ4v) is 1.37. The molecule has 5 heteroatoms. The third-order valence-corrected chi connectivity index (χ3v) is 2.86. The van der Waals surface area contributed by atoms with Gasteiger partial charge in [-0.25, -0.2) is 4.39 Å². The van der Waals surface area contributed by atoms with Crippen molar-refractivity contribution in [3.05, 3.63) is 29.6 Å². The lowest BCUT2D eigenvalue weighted by atomic mass is 10.1. The number of nitrogens with zero attached hydrogens (tertiary/aromatic N) is 1. The van der Waals surface area contributed by atoms with E-state index in [2.05, 4.69) is 0 Å². The third-order valence-electron chi connectivity index (χ3n) is 2.86. The molecule has 0 fully saturated rings. The van der Waals surface area contributed by atoms with E-state index in [-0.39, 0.29) is 35.7 Å². The van der Waals surface area contributed by atoms with E-state index in [0.717, 1.165) is 6.07 Å². The zero-order valence-corrected chi connectivity index (χ0v) is 11.6. The van der Waals surface area contributed by atoms with Crippen LogP contribution in [0.2, 0.25) is 0 Å². The number of rotatable bonds is 5. The average molecular weight is 267 g/mol. The van der Waals surface area contributed by atoms with Crippen molar-refractivity contribution in [3.63, 3.8) is 0 Å². The van der Waals surface area contributed by atoms with Gasteiger partial charge in [-0.1, -0.05) is 0 Å². The van der Waals surface area contributed by atoms with Gasteiger partial charge in [0.15, 0.2) is 24.0 Å². The molecule has 0 heterocycles. The van der Waals surface area contributed by atoms with Gasteiger partial charge in [-0.05, 0) is 39.0 Å². The van der Waals surface area contributed by atoms with Gasteiger partial charge in [0.1, 0.15) is 0 Å². The minimum absolute atomic E-state index is 0.0319. The van der Waals surface area contributed by atoms with Crippen LogP contribution < -0.4 is 4.74 Å². The van der Waals surface area contributed by atoms with Gasteiger partial charge >= 0.3 is 0 Å². The molecule has 0 spiro atoms. The maximum absolute atomic E-state index is 13.6. The number of carbonyl (C=O) groups is 2. The number of ether oxygens (including phenoxy) is 1. The highest BCUT2D eigenvalue weighted by Crippen LogP contribution is 2.18. The van der Waals surface area contributed by atoms with Gasteiger partial charge in [-0.2, -0.15) is 0 Å². The van der Waals surface area contributed by atoms with Gasteiger partial charge < -0.3 is 9.64 Å². The topological polar surface area (TPSA) is 46.6 Å². The molecule has 104 valence electrons. The number of carbonyl (C=O) groups excluding carboxylic acids is 2. The number of halogens is 1. The first kappa shape index (κ1) is 15.1. The van der Waals surface area contributed by atoms with Gasteiger partial charge in [0, 0.05) is 18.7 Å². The lowest BCUT2D eigenvalue weighted by Gasteiger charge is -2.21. The summed E-state index contributed by atoms with van der Waals surface area (Å²) >= 11 is 0. The molecule has 0 unspecified atom stereocenters. The summed E-state index contributed by atoms with van der Waals surface area (Å²) in [5, 5.41) is 0. The van der Waals surface area contributed by atoms with Gasteiger partial charge in [0.25, 0.3) is 5.91 Å². The molecule has 0 aromatic heterocycles.